The minimum absolute atomic E-state index is 0.167. The number of hydrogen-bond acceptors (Lipinski definition) is 6. The summed E-state index contributed by atoms with van der Waals surface area (Å²) in [5.74, 6) is 0.783. The molecule has 3 rings (SSSR count). The third-order valence-corrected chi connectivity index (χ3v) is 5.16. The molecular weight excluding hydrogens is 386 g/mol. The van der Waals surface area contributed by atoms with Gasteiger partial charge < -0.3 is 23.3 Å². The highest BCUT2D eigenvalue weighted by molar-refractivity contribution is 6.15. The Hall–Kier alpha value is -3.48. The van der Waals surface area contributed by atoms with Crippen molar-refractivity contribution in [3.05, 3.63) is 58.9 Å². The highest BCUT2D eigenvalue weighted by Gasteiger charge is 2.24. The van der Waals surface area contributed by atoms with E-state index in [1.54, 1.807) is 12.1 Å². The van der Waals surface area contributed by atoms with Gasteiger partial charge in [0.05, 0.1) is 45.9 Å². The smallest absolute Gasteiger partial charge is 0.305 e. The Kier molecular flexibility index (Phi) is 6.30. The van der Waals surface area contributed by atoms with Crippen LogP contribution in [0.4, 0.5) is 0 Å². The summed E-state index contributed by atoms with van der Waals surface area (Å²) in [6, 6.07) is 8.94. The fourth-order valence-electron chi connectivity index (χ4n) is 3.67. The van der Waals surface area contributed by atoms with E-state index in [2.05, 4.69) is 0 Å². The van der Waals surface area contributed by atoms with Crippen molar-refractivity contribution in [1.29, 1.82) is 0 Å². The van der Waals surface area contributed by atoms with E-state index in [4.69, 9.17) is 18.9 Å². The molecule has 0 aliphatic carbocycles. The number of fused-ring (bicyclic) bond motifs is 1. The number of pyridine rings is 1. The highest BCUT2D eigenvalue weighted by atomic mass is 16.5. The molecule has 0 aliphatic heterocycles. The first-order chi connectivity index (χ1) is 14.5. The van der Waals surface area contributed by atoms with Gasteiger partial charge in [0.15, 0.2) is 17.3 Å². The lowest BCUT2D eigenvalue weighted by molar-refractivity contribution is -0.140. The number of methoxy groups -OCH3 is 4. The average Bonchev–Trinajstić information content (AvgIpc) is 3.06. The van der Waals surface area contributed by atoms with E-state index in [1.807, 2.05) is 35.7 Å². The molecule has 0 amide bonds. The number of ketones is 1. The molecule has 0 unspecified atom stereocenters. The van der Waals surface area contributed by atoms with E-state index in [0.29, 0.717) is 34.8 Å². The van der Waals surface area contributed by atoms with Crippen LogP contribution in [-0.4, -0.2) is 44.6 Å². The van der Waals surface area contributed by atoms with Gasteiger partial charge in [0.25, 0.3) is 0 Å². The maximum Gasteiger partial charge on any atom is 0.305 e. The molecular formula is C23H25NO6. The fourth-order valence-corrected chi connectivity index (χ4v) is 3.67. The van der Waals surface area contributed by atoms with E-state index >= 15 is 0 Å². The second kappa shape index (κ2) is 8.90. The van der Waals surface area contributed by atoms with Gasteiger partial charge in [-0.2, -0.15) is 0 Å². The van der Waals surface area contributed by atoms with Crippen LogP contribution in [0.2, 0.25) is 0 Å². The summed E-state index contributed by atoms with van der Waals surface area (Å²) >= 11 is 0. The molecule has 2 heterocycles. The van der Waals surface area contributed by atoms with Gasteiger partial charge in [-0.15, -0.1) is 0 Å². The predicted molar refractivity (Wildman–Crippen MR) is 112 cm³/mol. The molecule has 0 saturated heterocycles. The van der Waals surface area contributed by atoms with Crippen molar-refractivity contribution in [2.24, 2.45) is 0 Å². The number of aryl methyl sites for hydroxylation is 1. The Bertz CT molecular complexity index is 1070. The summed E-state index contributed by atoms with van der Waals surface area (Å²) in [4.78, 5) is 25.2. The summed E-state index contributed by atoms with van der Waals surface area (Å²) in [6.45, 7) is 1.89. The molecule has 0 N–H and O–H groups in total. The van der Waals surface area contributed by atoms with Gasteiger partial charge in [0.1, 0.15) is 0 Å². The van der Waals surface area contributed by atoms with E-state index in [-0.39, 0.29) is 18.2 Å². The molecule has 0 spiro atoms. The summed E-state index contributed by atoms with van der Waals surface area (Å²) in [6.07, 6.45) is 2.59. The zero-order valence-electron chi connectivity index (χ0n) is 17.8. The lowest BCUT2D eigenvalue weighted by Gasteiger charge is -2.14. The molecule has 7 nitrogen and oxygen atoms in total. The van der Waals surface area contributed by atoms with Crippen molar-refractivity contribution < 1.29 is 28.5 Å². The first kappa shape index (κ1) is 21.2. The van der Waals surface area contributed by atoms with Crippen molar-refractivity contribution in [3.8, 4) is 17.2 Å². The lowest BCUT2D eigenvalue weighted by atomic mass is 9.98. The number of carbonyl (C=O) groups excluding carboxylic acids is 2. The Balaban J connectivity index is 2.14. The minimum atomic E-state index is -0.294. The maximum atomic E-state index is 13.6. The summed E-state index contributed by atoms with van der Waals surface area (Å²) in [5.41, 5.74) is 3.48. The third kappa shape index (κ3) is 3.70. The zero-order valence-corrected chi connectivity index (χ0v) is 17.8. The number of esters is 1. The van der Waals surface area contributed by atoms with Crippen molar-refractivity contribution in [2.75, 3.05) is 28.4 Å². The normalized spacial score (nSPS) is 10.7. The lowest BCUT2D eigenvalue weighted by Crippen LogP contribution is -2.06. The summed E-state index contributed by atoms with van der Waals surface area (Å²) in [7, 11) is 5.90. The number of ether oxygens (including phenoxy) is 4. The Morgan fingerprint density at radius 2 is 1.63 bits per heavy atom. The Morgan fingerprint density at radius 1 is 0.967 bits per heavy atom. The number of rotatable bonds is 8. The quantitative estimate of drug-likeness (QED) is 0.416. The van der Waals surface area contributed by atoms with Crippen LogP contribution in [0.1, 0.15) is 33.6 Å². The van der Waals surface area contributed by atoms with Crippen LogP contribution < -0.4 is 14.2 Å². The van der Waals surface area contributed by atoms with E-state index in [1.165, 1.54) is 28.4 Å². The monoisotopic (exact) mass is 411 g/mol. The van der Waals surface area contributed by atoms with E-state index < -0.39 is 0 Å². The van der Waals surface area contributed by atoms with Gasteiger partial charge in [-0.05, 0) is 43.2 Å². The van der Waals surface area contributed by atoms with Gasteiger partial charge in [-0.1, -0.05) is 6.07 Å². The number of benzene rings is 1. The van der Waals surface area contributed by atoms with Crippen molar-refractivity contribution in [2.45, 2.75) is 19.8 Å². The number of nitrogens with zero attached hydrogens (tertiary/aromatic N) is 1. The molecule has 0 radical (unpaired) electrons. The Morgan fingerprint density at radius 3 is 2.20 bits per heavy atom. The third-order valence-electron chi connectivity index (χ3n) is 5.16. The molecule has 0 saturated carbocycles. The van der Waals surface area contributed by atoms with Gasteiger partial charge in [-0.3, -0.25) is 9.59 Å². The summed E-state index contributed by atoms with van der Waals surface area (Å²) in [5, 5.41) is 0. The molecule has 7 heteroatoms. The summed E-state index contributed by atoms with van der Waals surface area (Å²) < 4.78 is 22.8. The van der Waals surface area contributed by atoms with Crippen molar-refractivity contribution >= 4 is 17.3 Å². The highest BCUT2D eigenvalue weighted by Crippen LogP contribution is 2.39. The molecule has 3 aromatic rings. The fraction of sp³-hybridized carbons (Fsp3) is 0.304. The largest absolute Gasteiger partial charge is 0.493 e. The maximum absolute atomic E-state index is 13.6. The molecule has 158 valence electrons. The topological polar surface area (TPSA) is 75.5 Å². The van der Waals surface area contributed by atoms with Crippen molar-refractivity contribution in [3.63, 3.8) is 0 Å². The van der Waals surface area contributed by atoms with Gasteiger partial charge >= 0.3 is 5.97 Å². The van der Waals surface area contributed by atoms with Crippen LogP contribution in [0.5, 0.6) is 17.2 Å². The average molecular weight is 411 g/mol. The number of carbonyl (C=O) groups is 2. The van der Waals surface area contributed by atoms with Crippen molar-refractivity contribution in [1.82, 2.24) is 4.40 Å². The first-order valence-corrected chi connectivity index (χ1v) is 9.46. The predicted octanol–water partition coefficient (Wildman–Crippen LogP) is 3.61. The molecule has 0 atom stereocenters. The van der Waals surface area contributed by atoms with Crippen LogP contribution in [-0.2, 0) is 16.0 Å². The molecule has 0 bridgehead atoms. The molecule has 0 aliphatic rings. The van der Waals surface area contributed by atoms with E-state index in [0.717, 1.165) is 16.8 Å². The minimum Gasteiger partial charge on any atom is -0.493 e. The standard InChI is InChI=1S/C23H25NO6/c1-14-16(9-10-20(25)29-4)24-11-7-6-8-17(24)21(14)22(26)15-12-18(27-2)23(30-5)19(13-15)28-3/h6-8,11-13H,9-10H2,1-5H3. The second-order valence-electron chi connectivity index (χ2n) is 6.72. The molecule has 1 aromatic carbocycles. The van der Waals surface area contributed by atoms with Crippen LogP contribution in [0.15, 0.2) is 36.5 Å². The second-order valence-corrected chi connectivity index (χ2v) is 6.72. The van der Waals surface area contributed by atoms with Crippen LogP contribution in [0.3, 0.4) is 0 Å². The van der Waals surface area contributed by atoms with Gasteiger partial charge in [-0.25, -0.2) is 0 Å². The van der Waals surface area contributed by atoms with Crippen LogP contribution >= 0.6 is 0 Å². The number of hydrogen-bond donors (Lipinski definition) is 0. The molecule has 30 heavy (non-hydrogen) atoms. The van der Waals surface area contributed by atoms with E-state index in [9.17, 15) is 9.59 Å². The van der Waals surface area contributed by atoms with Gasteiger partial charge in [0.2, 0.25) is 5.75 Å². The number of aromatic nitrogens is 1. The SMILES string of the molecule is COC(=O)CCc1c(C)c(C(=O)c2cc(OC)c(OC)c(OC)c2)c2ccccn12. The molecule has 0 fully saturated rings. The van der Waals surface area contributed by atoms with Gasteiger partial charge in [0, 0.05) is 17.5 Å². The molecule has 2 aromatic heterocycles. The Labute approximate surface area is 175 Å². The first-order valence-electron chi connectivity index (χ1n) is 9.46. The van der Waals surface area contributed by atoms with Crippen LogP contribution in [0.25, 0.3) is 5.52 Å². The van der Waals surface area contributed by atoms with Crippen LogP contribution in [0, 0.1) is 6.92 Å². The zero-order chi connectivity index (χ0) is 21.8.